The van der Waals surface area contributed by atoms with Gasteiger partial charge in [0.25, 0.3) is 5.91 Å². The molecule has 0 saturated heterocycles. The smallest absolute Gasteiger partial charge is 0.408 e. The molecule has 3 N–H and O–H groups in total. The molecule has 6 saturated carbocycles. The van der Waals surface area contributed by atoms with Gasteiger partial charge in [-0.2, -0.15) is 0 Å². The van der Waals surface area contributed by atoms with E-state index in [1.54, 1.807) is 34.9 Å². The number of ether oxygens (including phenoxy) is 3. The molecule has 4 bridgehead atoms. The van der Waals surface area contributed by atoms with E-state index in [4.69, 9.17) is 19.4 Å². The van der Waals surface area contributed by atoms with E-state index < -0.39 is 34.8 Å². The first-order valence-corrected chi connectivity index (χ1v) is 13.3. The van der Waals surface area contributed by atoms with Crippen LogP contribution in [-0.2, 0) is 28.6 Å². The third-order valence-electron chi connectivity index (χ3n) is 7.35. The number of alkyl carbamates (subject to hydrolysis) is 2. The first kappa shape index (κ1) is 38.7. The van der Waals surface area contributed by atoms with Crippen molar-refractivity contribution in [3.8, 4) is 0 Å². The van der Waals surface area contributed by atoms with E-state index in [0.29, 0.717) is 38.5 Å². The van der Waals surface area contributed by atoms with Crippen LogP contribution in [0.3, 0.4) is 0 Å². The number of carbonyl (C=O) groups is 4. The van der Waals surface area contributed by atoms with Gasteiger partial charge >= 0.3 is 18.2 Å². The van der Waals surface area contributed by atoms with Crippen molar-refractivity contribution in [1.29, 1.82) is 0 Å². The van der Waals surface area contributed by atoms with Gasteiger partial charge in [0.15, 0.2) is 0 Å². The molecule has 0 atom stereocenters. The lowest BCUT2D eigenvalue weighted by Gasteiger charge is -2.69. The summed E-state index contributed by atoms with van der Waals surface area (Å²) in [6.07, 6.45) is 2.76. The van der Waals surface area contributed by atoms with Gasteiger partial charge in [-0.05, 0) is 87.0 Å². The molecular weight excluding hydrogens is 558 g/mol. The van der Waals surface area contributed by atoms with Crippen LogP contribution in [0.5, 0.6) is 0 Å². The second kappa shape index (κ2) is 13.3. The molecule has 3 amide bonds. The second-order valence-corrected chi connectivity index (χ2v) is 13.3. The molecule has 0 aromatic rings. The summed E-state index contributed by atoms with van der Waals surface area (Å²) in [4.78, 5) is 51.0. The number of amides is 3. The fraction of sp³-hybridized carbons (Fsp3) is 0.857. The van der Waals surface area contributed by atoms with Crippen LogP contribution in [0.2, 0.25) is 0 Å². The number of hydrogen-bond acceptors (Lipinski definition) is 8. The van der Waals surface area contributed by atoms with Crippen LogP contribution in [0.4, 0.5) is 9.59 Å². The van der Waals surface area contributed by atoms with Crippen molar-refractivity contribution in [3.63, 3.8) is 0 Å². The van der Waals surface area contributed by atoms with E-state index in [1.165, 1.54) is 12.2 Å². The zero-order valence-electron chi connectivity index (χ0n) is 25.5. The summed E-state index contributed by atoms with van der Waals surface area (Å²) in [5, 5.41) is 15.8. The summed E-state index contributed by atoms with van der Waals surface area (Å²) >= 11 is 0. The van der Waals surface area contributed by atoms with Crippen molar-refractivity contribution in [1.82, 2.24) is 15.7 Å². The molecule has 6 aliphatic carbocycles. The Bertz CT molecular complexity index is 917. The van der Waals surface area contributed by atoms with E-state index in [1.807, 2.05) is 27.7 Å². The van der Waals surface area contributed by atoms with Crippen molar-refractivity contribution in [2.45, 2.75) is 117 Å². The molecule has 6 aliphatic rings. The van der Waals surface area contributed by atoms with Gasteiger partial charge in [-0.3, -0.25) is 14.4 Å². The molecule has 41 heavy (non-hydrogen) atoms. The lowest BCUT2D eigenvalue weighted by atomic mass is 9.39. The zero-order chi connectivity index (χ0) is 30.1. The first-order chi connectivity index (χ1) is 17.7. The van der Waals surface area contributed by atoms with Gasteiger partial charge in [-0.1, -0.05) is 7.43 Å². The highest BCUT2D eigenvalue weighted by molar-refractivity contribution is 5.87. The molecule has 6 rings (SSSR count). The number of methoxy groups -OCH3 is 1. The van der Waals surface area contributed by atoms with Crippen LogP contribution in [-0.4, -0.2) is 84.4 Å². The highest BCUT2D eigenvalue weighted by Crippen LogP contribution is 2.68. The number of nitrogens with zero attached hydrogens (tertiary/aromatic N) is 1. The third-order valence-corrected chi connectivity index (χ3v) is 7.35. The Balaban J connectivity index is 0.000000668. The molecule has 12 nitrogen and oxygen atoms in total. The molecule has 0 spiro atoms. The Kier molecular flexibility index (Phi) is 12.6. The second-order valence-electron chi connectivity index (χ2n) is 13.3. The molecular formula is C28H52ClN3O9. The summed E-state index contributed by atoms with van der Waals surface area (Å²) < 4.78 is 14.9. The third kappa shape index (κ3) is 9.09. The zero-order valence-corrected chi connectivity index (χ0v) is 26.3. The van der Waals surface area contributed by atoms with Gasteiger partial charge in [0.05, 0.1) is 17.9 Å². The standard InChI is InChI=1S/C13H22N2O4.C11H17NO4.C3H8O.CH4.ClH/c1-11(2,3)19-10(17)14-13-6-12(7-13,8-13)9(16)15(4)18-5;1-9(2,3)16-8(15)12-11-4-10(5-11,6-11)7(13)14;1-3-4-2;;/h6-8H2,1-5H3,(H,14,17);4-6H2,1-3H3,(H,12,15)(H,13,14);3H2,1-2H3;1H4;1H. The Morgan fingerprint density at radius 3 is 1.34 bits per heavy atom. The summed E-state index contributed by atoms with van der Waals surface area (Å²) in [7, 11) is 4.76. The molecule has 0 heterocycles. The van der Waals surface area contributed by atoms with Crippen molar-refractivity contribution in [2.24, 2.45) is 10.8 Å². The number of hydrogen-bond donors (Lipinski definition) is 3. The highest BCUT2D eigenvalue weighted by atomic mass is 35.5. The number of rotatable bonds is 6. The maximum absolute atomic E-state index is 12.0. The number of carboxylic acids is 1. The monoisotopic (exact) mass is 609 g/mol. The predicted octanol–water partition coefficient (Wildman–Crippen LogP) is 4.68. The Labute approximate surface area is 250 Å². The van der Waals surface area contributed by atoms with Crippen LogP contribution in [0.15, 0.2) is 0 Å². The van der Waals surface area contributed by atoms with Crippen molar-refractivity contribution < 1.29 is 43.3 Å². The fourth-order valence-corrected chi connectivity index (χ4v) is 5.75. The highest BCUT2D eigenvalue weighted by Gasteiger charge is 2.74. The van der Waals surface area contributed by atoms with Crippen molar-refractivity contribution in [3.05, 3.63) is 0 Å². The molecule has 13 heteroatoms. The van der Waals surface area contributed by atoms with Crippen LogP contribution in [0.1, 0.15) is 94.4 Å². The molecule has 0 unspecified atom stereocenters. The summed E-state index contributed by atoms with van der Waals surface area (Å²) in [5.74, 6) is -0.761. The number of carbonyl (C=O) groups excluding carboxylic acids is 3. The Morgan fingerprint density at radius 1 is 0.780 bits per heavy atom. The van der Waals surface area contributed by atoms with Crippen LogP contribution >= 0.6 is 12.4 Å². The van der Waals surface area contributed by atoms with Crippen molar-refractivity contribution >= 4 is 36.5 Å². The van der Waals surface area contributed by atoms with Crippen LogP contribution < -0.4 is 10.6 Å². The van der Waals surface area contributed by atoms with E-state index in [0.717, 1.165) is 6.61 Å². The van der Waals surface area contributed by atoms with Gasteiger partial charge in [-0.15, -0.1) is 12.4 Å². The largest absolute Gasteiger partial charge is 0.481 e. The maximum Gasteiger partial charge on any atom is 0.408 e. The van der Waals surface area contributed by atoms with Gasteiger partial charge in [-0.25, -0.2) is 14.7 Å². The minimum Gasteiger partial charge on any atom is -0.481 e. The van der Waals surface area contributed by atoms with Crippen LogP contribution in [0.25, 0.3) is 0 Å². The molecule has 6 fully saturated rings. The number of halogens is 1. The van der Waals surface area contributed by atoms with E-state index in [9.17, 15) is 19.2 Å². The lowest BCUT2D eigenvalue weighted by molar-refractivity contribution is -0.219. The van der Waals surface area contributed by atoms with Gasteiger partial charge in [0, 0.05) is 31.8 Å². The Hall–Kier alpha value is -2.31. The number of aliphatic carboxylic acids is 1. The lowest BCUT2D eigenvalue weighted by Crippen LogP contribution is -2.78. The first-order valence-electron chi connectivity index (χ1n) is 13.3. The average Bonchev–Trinajstić information content (AvgIpc) is 2.67. The number of hydroxylamine groups is 2. The van der Waals surface area contributed by atoms with E-state index in [-0.39, 0.29) is 42.2 Å². The molecule has 0 aromatic carbocycles. The van der Waals surface area contributed by atoms with Gasteiger partial charge in [0.1, 0.15) is 11.2 Å². The molecule has 240 valence electrons. The van der Waals surface area contributed by atoms with Gasteiger partial charge in [0.2, 0.25) is 0 Å². The minimum absolute atomic E-state index is 0. The summed E-state index contributed by atoms with van der Waals surface area (Å²) in [6.45, 7) is 13.7. The summed E-state index contributed by atoms with van der Waals surface area (Å²) in [5.41, 5.74) is -2.46. The predicted molar refractivity (Wildman–Crippen MR) is 156 cm³/mol. The van der Waals surface area contributed by atoms with E-state index in [2.05, 4.69) is 15.4 Å². The molecule has 0 aliphatic heterocycles. The SMILES string of the molecule is C.CC(C)(C)OC(=O)NC12CC(C(=O)O)(C1)C2.CCOC.CON(C)C(=O)C12CC(NC(=O)OC(C)(C)C)(C1)C2.Cl. The van der Waals surface area contributed by atoms with Crippen LogP contribution in [0, 0.1) is 10.8 Å². The quantitative estimate of drug-likeness (QED) is 0.364. The fourth-order valence-electron chi connectivity index (χ4n) is 5.75. The number of nitrogens with one attached hydrogen (secondary N) is 2. The van der Waals surface area contributed by atoms with E-state index >= 15 is 0 Å². The van der Waals surface area contributed by atoms with Gasteiger partial charge < -0.3 is 30.0 Å². The Morgan fingerprint density at radius 2 is 1.10 bits per heavy atom. The van der Waals surface area contributed by atoms with Crippen molar-refractivity contribution in [2.75, 3.05) is 27.9 Å². The normalized spacial score (nSPS) is 29.4. The molecule has 0 aromatic heterocycles. The molecule has 0 radical (unpaired) electrons. The maximum atomic E-state index is 12.0. The topological polar surface area (TPSA) is 153 Å². The minimum atomic E-state index is -0.750. The average molecular weight is 610 g/mol. The summed E-state index contributed by atoms with van der Waals surface area (Å²) in [6, 6.07) is 0. The number of carboxylic acid groups (broad SMARTS) is 1.